The Labute approximate surface area is 639 Å². The van der Waals surface area contributed by atoms with Crippen LogP contribution < -0.4 is 5.46 Å². The molecule has 0 unspecified atom stereocenters. The molecule has 108 heavy (non-hydrogen) atoms. The van der Waals surface area contributed by atoms with Crippen molar-refractivity contribution in [1.29, 1.82) is 0 Å². The summed E-state index contributed by atoms with van der Waals surface area (Å²) in [6.45, 7) is 9.18. The van der Waals surface area contributed by atoms with Gasteiger partial charge < -0.3 is 10.0 Å². The first-order valence-corrected chi connectivity index (χ1v) is 38.1. The van der Waals surface area contributed by atoms with E-state index >= 15 is 0 Å². The summed E-state index contributed by atoms with van der Waals surface area (Å²) in [6.07, 6.45) is 0. The quantitative estimate of drug-likeness (QED) is 0.130. The molecule has 0 saturated carbocycles. The van der Waals surface area contributed by atoms with Crippen molar-refractivity contribution in [1.82, 2.24) is 29.9 Å². The second-order valence-electron chi connectivity index (χ2n) is 28.4. The first kappa shape index (κ1) is 67.7. The van der Waals surface area contributed by atoms with Crippen LogP contribution in [0.4, 0.5) is 0 Å². The van der Waals surface area contributed by atoms with Gasteiger partial charge in [0.05, 0.1) is 0 Å². The molecule has 0 radical (unpaired) electrons. The monoisotopic (exact) mass is 1450 g/mol. The smallest absolute Gasteiger partial charge is 0.423 e. The fourth-order valence-electron chi connectivity index (χ4n) is 15.8. The Morgan fingerprint density at radius 2 is 0.593 bits per heavy atom. The van der Waals surface area contributed by atoms with Crippen molar-refractivity contribution in [2.24, 2.45) is 0 Å². The third-order valence-corrected chi connectivity index (χ3v) is 23.8. The van der Waals surface area contributed by atoms with E-state index in [-0.39, 0.29) is 16.1 Å². The molecule has 0 aliphatic heterocycles. The molecule has 0 bridgehead atoms. The number of benzene rings is 14. The minimum Gasteiger partial charge on any atom is -0.423 e. The lowest BCUT2D eigenvalue weighted by Crippen LogP contribution is -2.29. The summed E-state index contributed by atoms with van der Waals surface area (Å²) >= 11 is 9.96. The summed E-state index contributed by atoms with van der Waals surface area (Å²) in [4.78, 5) is 29.6. The standard InChI is InChI=1S/C48H33N3S.C27H16ClN3S.C21H19BO2/c1-48(2)41-24-10-8-19-35(41)36-27-26-32(29-42(36)48)31-16-12-17-33(28-31)45-49-46(39-21-7-6-18-34(39)30-14-4-3-5-15-30)51-47(50-45)40-23-13-22-38-37-20-9-11-25-43(37)52-44(38)40;28-27-30-25(21-13-5-4-11-18(21)17-9-2-1-3-10-17)29-26(31-27)22-15-8-14-20-19-12-6-7-16-23(19)32-24(20)22;1-21(2)19-9-4-3-8-17(19)18-11-10-15(13-20(18)21)14-6-5-7-16(12-14)22(23)24/h3-29H,1-2H3;1-16H;3-13,23-24H,1-2H3. The largest absolute Gasteiger partial charge is 0.488 e. The average molecular weight is 1450 g/mol. The lowest BCUT2D eigenvalue weighted by molar-refractivity contribution is 0.426. The van der Waals surface area contributed by atoms with E-state index in [0.29, 0.717) is 34.6 Å². The molecule has 2 aliphatic carbocycles. The summed E-state index contributed by atoms with van der Waals surface area (Å²) in [6, 6.07) is 114. The predicted octanol–water partition coefficient (Wildman–Crippen LogP) is 24.1. The lowest BCUT2D eigenvalue weighted by atomic mass is 9.78. The number of aromatic nitrogens is 6. The Morgan fingerprint density at radius 1 is 0.259 bits per heavy atom. The van der Waals surface area contributed by atoms with Gasteiger partial charge in [-0.15, -0.1) is 22.7 Å². The fourth-order valence-corrected chi connectivity index (χ4v) is 18.3. The van der Waals surface area contributed by atoms with Crippen LogP contribution in [0, 0.1) is 0 Å². The van der Waals surface area contributed by atoms with E-state index in [1.807, 2.05) is 66.7 Å². The highest BCUT2D eigenvalue weighted by Gasteiger charge is 2.37. The number of hydrogen-bond acceptors (Lipinski definition) is 10. The number of fused-ring (bicyclic) bond motifs is 12. The topological polar surface area (TPSA) is 118 Å². The van der Waals surface area contributed by atoms with Crippen molar-refractivity contribution in [2.75, 3.05) is 0 Å². The third kappa shape index (κ3) is 12.3. The zero-order chi connectivity index (χ0) is 73.2. The fraction of sp³-hybridized carbons (Fsp3) is 0.0625. The summed E-state index contributed by atoms with van der Waals surface area (Å²) in [5.74, 6) is 3.12. The van der Waals surface area contributed by atoms with Crippen molar-refractivity contribution in [3.63, 3.8) is 0 Å². The van der Waals surface area contributed by atoms with Gasteiger partial charge in [-0.2, -0.15) is 9.97 Å². The second-order valence-corrected chi connectivity index (χ2v) is 30.8. The summed E-state index contributed by atoms with van der Waals surface area (Å²) < 4.78 is 4.82. The van der Waals surface area contributed by atoms with Crippen LogP contribution in [0.3, 0.4) is 0 Å². The average Bonchev–Trinajstić information content (AvgIpc) is 1.58. The van der Waals surface area contributed by atoms with Crippen LogP contribution in [0.5, 0.6) is 0 Å². The SMILES string of the molecule is CC1(C)c2ccccc2-c2ccc(-c3cccc(-c4nc(-c5ccccc5-c5ccccc5)nc(-c5cccc6c5sc5ccccc56)n4)c3)cc21.CC1(C)c2ccccc2-c2ccc(-c3cccc(B(O)O)c3)cc21.Clc1nc(-c2ccccc2-c2ccccc2)nc(-c2cccc3c2sc2ccccc23)n1. The van der Waals surface area contributed by atoms with Gasteiger partial charge >= 0.3 is 7.12 Å². The molecule has 18 aromatic rings. The number of rotatable bonds is 10. The van der Waals surface area contributed by atoms with Gasteiger partial charge in [-0.25, -0.2) is 19.9 Å². The Hall–Kier alpha value is -12.2. The molecule has 20 rings (SSSR count). The minimum absolute atomic E-state index is 0.0317. The van der Waals surface area contributed by atoms with Crippen LogP contribution in [0.25, 0.3) is 164 Å². The number of hydrogen-bond donors (Lipinski definition) is 2. The van der Waals surface area contributed by atoms with Crippen LogP contribution in [-0.4, -0.2) is 47.1 Å². The maximum atomic E-state index is 9.41. The van der Waals surface area contributed by atoms with Crippen molar-refractivity contribution < 1.29 is 10.0 Å². The summed E-state index contributed by atoms with van der Waals surface area (Å²) in [7, 11) is -1.44. The van der Waals surface area contributed by atoms with E-state index in [4.69, 9.17) is 31.5 Å². The highest BCUT2D eigenvalue weighted by molar-refractivity contribution is 7.26. The summed E-state index contributed by atoms with van der Waals surface area (Å²) in [5, 5.41) is 23.9. The molecule has 516 valence electrons. The number of thiophene rings is 2. The first-order valence-electron chi connectivity index (χ1n) is 36.1. The van der Waals surface area contributed by atoms with E-state index in [2.05, 4.69) is 292 Å². The van der Waals surface area contributed by atoms with Gasteiger partial charge in [-0.3, -0.25) is 0 Å². The normalized spacial score (nSPS) is 12.7. The predicted molar refractivity (Wildman–Crippen MR) is 451 cm³/mol. The van der Waals surface area contributed by atoms with Gasteiger partial charge in [-0.05, 0) is 149 Å². The number of nitrogens with zero attached hydrogens (tertiary/aromatic N) is 6. The van der Waals surface area contributed by atoms with Crippen molar-refractivity contribution >= 4 is 87.2 Å². The highest BCUT2D eigenvalue weighted by atomic mass is 35.5. The molecule has 0 amide bonds. The van der Waals surface area contributed by atoms with E-state index < -0.39 is 7.12 Å². The molecule has 0 spiro atoms. The molecule has 4 heterocycles. The van der Waals surface area contributed by atoms with Crippen LogP contribution in [0.2, 0.25) is 5.28 Å². The van der Waals surface area contributed by atoms with Crippen LogP contribution >= 0.6 is 34.3 Å². The summed E-state index contributed by atoms with van der Waals surface area (Å²) in [5.41, 5.74) is 24.7. The van der Waals surface area contributed by atoms with Gasteiger partial charge in [-0.1, -0.05) is 313 Å². The van der Waals surface area contributed by atoms with Crippen LogP contribution in [0.1, 0.15) is 49.9 Å². The molecule has 12 heteroatoms. The Bertz CT molecular complexity index is 6530. The Balaban J connectivity index is 0.000000125. The van der Waals surface area contributed by atoms with Crippen molar-refractivity contribution in [3.8, 4) is 124 Å². The highest BCUT2D eigenvalue weighted by Crippen LogP contribution is 2.52. The molecular formula is C96H68BClN6O2S2. The molecule has 2 aliphatic rings. The van der Waals surface area contributed by atoms with Gasteiger partial charge in [0.1, 0.15) is 0 Å². The molecule has 0 atom stereocenters. The molecule has 14 aromatic carbocycles. The third-order valence-electron chi connectivity index (χ3n) is 21.2. The minimum atomic E-state index is -1.44. The van der Waals surface area contributed by atoms with Gasteiger partial charge in [0.15, 0.2) is 29.1 Å². The zero-order valence-corrected chi connectivity index (χ0v) is 61.9. The van der Waals surface area contributed by atoms with Crippen molar-refractivity contribution in [3.05, 3.63) is 355 Å². The van der Waals surface area contributed by atoms with E-state index in [0.717, 1.165) is 71.5 Å². The van der Waals surface area contributed by atoms with Crippen LogP contribution in [-0.2, 0) is 10.8 Å². The molecule has 8 nitrogen and oxygen atoms in total. The molecule has 2 N–H and O–H groups in total. The molecule has 4 aromatic heterocycles. The van der Waals surface area contributed by atoms with E-state index in [1.165, 1.54) is 85.7 Å². The maximum absolute atomic E-state index is 9.41. The zero-order valence-electron chi connectivity index (χ0n) is 59.5. The lowest BCUT2D eigenvalue weighted by Gasteiger charge is -2.22. The molecular weight excluding hydrogens is 1380 g/mol. The van der Waals surface area contributed by atoms with E-state index in [9.17, 15) is 10.0 Å². The van der Waals surface area contributed by atoms with Gasteiger partial charge in [0.2, 0.25) is 5.28 Å². The second kappa shape index (κ2) is 27.9. The molecule has 0 fully saturated rings. The van der Waals surface area contributed by atoms with Gasteiger partial charge in [0.25, 0.3) is 0 Å². The Kier molecular flexibility index (Phi) is 17.5. The van der Waals surface area contributed by atoms with Crippen molar-refractivity contribution in [2.45, 2.75) is 38.5 Å². The molecule has 0 saturated heterocycles. The first-order chi connectivity index (χ1) is 52.8. The van der Waals surface area contributed by atoms with E-state index in [1.54, 1.807) is 28.7 Å². The van der Waals surface area contributed by atoms with Crippen LogP contribution in [0.15, 0.2) is 328 Å². The number of halogens is 1. The van der Waals surface area contributed by atoms with Gasteiger partial charge in [0, 0.05) is 79.0 Å². The maximum Gasteiger partial charge on any atom is 0.488 e. The Morgan fingerprint density at radius 3 is 1.09 bits per heavy atom.